The monoisotopic (exact) mass is 567 g/mol. The number of hydrogen-bond acceptors (Lipinski definition) is 6. The summed E-state index contributed by atoms with van der Waals surface area (Å²) in [6, 6.07) is 21.1. The van der Waals surface area contributed by atoms with Gasteiger partial charge in [-0.1, -0.05) is 92.1 Å². The highest BCUT2D eigenvalue weighted by Gasteiger charge is 2.19. The third-order valence-corrected chi connectivity index (χ3v) is 7.44. The van der Waals surface area contributed by atoms with E-state index in [0.717, 1.165) is 17.0 Å². The number of nitrogens with one attached hydrogen (secondary N) is 1. The summed E-state index contributed by atoms with van der Waals surface area (Å²) in [6.07, 6.45) is 1.45. The smallest absolute Gasteiger partial charge is 0.250 e. The van der Waals surface area contributed by atoms with Crippen LogP contribution in [0.3, 0.4) is 0 Å². The molecule has 0 bridgehead atoms. The number of nitrogens with zero attached hydrogens (tertiary/aromatic N) is 4. The minimum Gasteiger partial charge on any atom is -0.497 e. The van der Waals surface area contributed by atoms with Gasteiger partial charge in [0.25, 0.3) is 5.91 Å². The van der Waals surface area contributed by atoms with Crippen molar-refractivity contribution in [2.24, 2.45) is 5.10 Å². The Morgan fingerprint density at radius 3 is 2.42 bits per heavy atom. The Morgan fingerprint density at radius 1 is 1.05 bits per heavy atom. The van der Waals surface area contributed by atoms with Gasteiger partial charge in [-0.2, -0.15) is 5.10 Å². The van der Waals surface area contributed by atoms with Gasteiger partial charge in [-0.15, -0.1) is 10.2 Å². The highest BCUT2D eigenvalue weighted by atomic mass is 35.5. The Balaban J connectivity index is 1.55. The van der Waals surface area contributed by atoms with E-state index in [1.807, 2.05) is 41.0 Å². The first-order valence-corrected chi connectivity index (χ1v) is 13.5. The van der Waals surface area contributed by atoms with E-state index in [1.165, 1.54) is 23.5 Å². The van der Waals surface area contributed by atoms with Crippen molar-refractivity contribution in [1.82, 2.24) is 20.2 Å². The second kappa shape index (κ2) is 12.0. The third-order valence-electron chi connectivity index (χ3n) is 5.68. The van der Waals surface area contributed by atoms with Crippen LogP contribution in [-0.4, -0.2) is 39.7 Å². The second-order valence-corrected chi connectivity index (χ2v) is 11.1. The zero-order valence-corrected chi connectivity index (χ0v) is 23.7. The Morgan fingerprint density at radius 2 is 1.76 bits per heavy atom. The van der Waals surface area contributed by atoms with Gasteiger partial charge in [-0.05, 0) is 41.3 Å². The van der Waals surface area contributed by atoms with Crippen LogP contribution < -0.4 is 10.2 Å². The van der Waals surface area contributed by atoms with E-state index >= 15 is 0 Å². The molecule has 1 amide bonds. The molecule has 0 aliphatic carbocycles. The molecule has 196 valence electrons. The predicted molar refractivity (Wildman–Crippen MR) is 155 cm³/mol. The maximum Gasteiger partial charge on any atom is 0.250 e. The molecule has 0 fully saturated rings. The van der Waals surface area contributed by atoms with E-state index in [1.54, 1.807) is 25.3 Å². The number of thioether (sulfide) groups is 1. The first-order chi connectivity index (χ1) is 18.2. The van der Waals surface area contributed by atoms with Gasteiger partial charge >= 0.3 is 0 Å². The van der Waals surface area contributed by atoms with Crippen LogP contribution in [0.1, 0.15) is 31.9 Å². The first kappa shape index (κ1) is 27.7. The fourth-order valence-corrected chi connectivity index (χ4v) is 4.69. The lowest BCUT2D eigenvalue weighted by Crippen LogP contribution is -2.20. The first-order valence-electron chi connectivity index (χ1n) is 11.8. The third kappa shape index (κ3) is 6.56. The topological polar surface area (TPSA) is 81.4 Å². The quantitative estimate of drug-likeness (QED) is 0.144. The molecule has 4 aromatic rings. The number of halogens is 2. The molecule has 0 saturated carbocycles. The number of rotatable bonds is 8. The molecule has 0 radical (unpaired) electrons. The molecular weight excluding hydrogens is 541 g/mol. The molecule has 1 heterocycles. The number of carbonyl (C=O) groups excluding carboxylic acids is 1. The van der Waals surface area contributed by atoms with E-state index in [9.17, 15) is 4.79 Å². The summed E-state index contributed by atoms with van der Waals surface area (Å²) in [5.41, 5.74) is 6.15. The number of methoxy groups -OCH3 is 1. The van der Waals surface area contributed by atoms with E-state index in [-0.39, 0.29) is 17.1 Å². The zero-order valence-electron chi connectivity index (χ0n) is 21.4. The molecule has 0 aliphatic rings. The van der Waals surface area contributed by atoms with Gasteiger partial charge in [0, 0.05) is 16.8 Å². The molecule has 0 atom stereocenters. The van der Waals surface area contributed by atoms with Gasteiger partial charge in [0.2, 0.25) is 0 Å². The van der Waals surface area contributed by atoms with Crippen molar-refractivity contribution in [1.29, 1.82) is 0 Å². The molecule has 7 nitrogen and oxygen atoms in total. The highest BCUT2D eigenvalue weighted by molar-refractivity contribution is 7.99. The molecule has 38 heavy (non-hydrogen) atoms. The van der Waals surface area contributed by atoms with Gasteiger partial charge in [-0.3, -0.25) is 9.36 Å². The summed E-state index contributed by atoms with van der Waals surface area (Å²) in [5.74, 6) is 1.19. The molecule has 1 N–H and O–H groups in total. The molecule has 10 heteroatoms. The summed E-state index contributed by atoms with van der Waals surface area (Å²) in [7, 11) is 1.62. The van der Waals surface area contributed by atoms with Crippen molar-refractivity contribution in [3.05, 3.63) is 87.9 Å². The Bertz CT molecular complexity index is 1450. The largest absolute Gasteiger partial charge is 0.497 e. The minimum absolute atomic E-state index is 0.0388. The van der Waals surface area contributed by atoms with Crippen LogP contribution in [0.5, 0.6) is 5.75 Å². The van der Waals surface area contributed by atoms with Crippen LogP contribution >= 0.6 is 35.0 Å². The van der Waals surface area contributed by atoms with Gasteiger partial charge in [-0.25, -0.2) is 5.43 Å². The molecule has 3 aromatic carbocycles. The summed E-state index contributed by atoms with van der Waals surface area (Å²) in [4.78, 5) is 12.5. The van der Waals surface area contributed by atoms with Gasteiger partial charge < -0.3 is 4.74 Å². The van der Waals surface area contributed by atoms with Crippen molar-refractivity contribution in [3.63, 3.8) is 0 Å². The summed E-state index contributed by atoms with van der Waals surface area (Å²) >= 11 is 13.4. The minimum atomic E-state index is -0.301. The number of hydrogen-bond donors (Lipinski definition) is 1. The average Bonchev–Trinajstić information content (AvgIpc) is 3.33. The molecule has 0 aliphatic heterocycles. The normalized spacial score (nSPS) is 11.6. The molecule has 0 saturated heterocycles. The zero-order chi connectivity index (χ0) is 27.3. The van der Waals surface area contributed by atoms with Crippen LogP contribution in [-0.2, 0) is 10.2 Å². The lowest BCUT2D eigenvalue weighted by Gasteiger charge is -2.19. The van der Waals surface area contributed by atoms with Crippen LogP contribution in [0.25, 0.3) is 17.1 Å². The Hall–Kier alpha value is -3.33. The molecular formula is C28H27Cl2N5O2S. The van der Waals surface area contributed by atoms with Crippen molar-refractivity contribution >= 4 is 47.1 Å². The molecule has 1 aromatic heterocycles. The maximum absolute atomic E-state index is 12.5. The van der Waals surface area contributed by atoms with Gasteiger partial charge in [0.05, 0.1) is 29.1 Å². The van der Waals surface area contributed by atoms with E-state index in [4.69, 9.17) is 27.9 Å². The highest BCUT2D eigenvalue weighted by Crippen LogP contribution is 2.31. The Labute approximate surface area is 236 Å². The van der Waals surface area contributed by atoms with Crippen molar-refractivity contribution < 1.29 is 9.53 Å². The van der Waals surface area contributed by atoms with Crippen LogP contribution in [0.2, 0.25) is 10.0 Å². The number of benzene rings is 3. The SMILES string of the molecule is COc1ccc(-n2c(SCC(=O)NN=Cc3cccc(Cl)c3Cl)nnc2-c2ccc(C(C)(C)C)cc2)cc1. The standard InChI is InChI=1S/C28H27Cl2N5O2S/c1-28(2,3)20-10-8-18(9-11-20)26-33-34-27(35(26)21-12-14-22(37-4)15-13-21)38-17-24(36)32-31-16-19-6-5-7-23(29)25(19)30/h5-16H,17H2,1-4H3,(H,32,36). The molecule has 4 rings (SSSR count). The van der Waals surface area contributed by atoms with E-state index < -0.39 is 0 Å². The summed E-state index contributed by atoms with van der Waals surface area (Å²) in [6.45, 7) is 6.53. The van der Waals surface area contributed by atoms with Crippen LogP contribution in [0, 0.1) is 0 Å². The lowest BCUT2D eigenvalue weighted by molar-refractivity contribution is -0.118. The van der Waals surface area contributed by atoms with Gasteiger partial charge in [0.15, 0.2) is 11.0 Å². The van der Waals surface area contributed by atoms with Crippen molar-refractivity contribution in [3.8, 4) is 22.8 Å². The summed E-state index contributed by atoms with van der Waals surface area (Å²) < 4.78 is 7.24. The summed E-state index contributed by atoms with van der Waals surface area (Å²) in [5, 5.41) is 14.2. The number of ether oxygens (including phenoxy) is 1. The van der Waals surface area contributed by atoms with Crippen LogP contribution in [0.15, 0.2) is 77.0 Å². The lowest BCUT2D eigenvalue weighted by atomic mass is 9.87. The number of aromatic nitrogens is 3. The average molecular weight is 569 g/mol. The maximum atomic E-state index is 12.5. The fraction of sp³-hybridized carbons (Fsp3) is 0.214. The fourth-order valence-electron chi connectivity index (χ4n) is 3.59. The van der Waals surface area contributed by atoms with Crippen molar-refractivity contribution in [2.75, 3.05) is 12.9 Å². The molecule has 0 spiro atoms. The van der Waals surface area contributed by atoms with Crippen molar-refractivity contribution in [2.45, 2.75) is 31.3 Å². The Kier molecular flexibility index (Phi) is 8.76. The number of amides is 1. The van der Waals surface area contributed by atoms with Crippen LogP contribution in [0.4, 0.5) is 0 Å². The number of carbonyl (C=O) groups is 1. The second-order valence-electron chi connectivity index (χ2n) is 9.39. The number of hydrazone groups is 1. The van der Waals surface area contributed by atoms with E-state index in [2.05, 4.69) is 53.6 Å². The van der Waals surface area contributed by atoms with Gasteiger partial charge in [0.1, 0.15) is 5.75 Å². The van der Waals surface area contributed by atoms with E-state index in [0.29, 0.717) is 26.6 Å². The predicted octanol–water partition coefficient (Wildman–Crippen LogP) is 6.79. The molecule has 0 unspecified atom stereocenters.